The molecule has 0 fully saturated rings. The van der Waals surface area contributed by atoms with Crippen LogP contribution in [0.5, 0.6) is 0 Å². The fourth-order valence-corrected chi connectivity index (χ4v) is 3.39. The number of ether oxygens (including phenoxy) is 1. The molecule has 0 aliphatic rings. The molecule has 0 bridgehead atoms. The van der Waals surface area contributed by atoms with Gasteiger partial charge in [-0.2, -0.15) is 0 Å². The number of benzene rings is 1. The van der Waals surface area contributed by atoms with Crippen molar-refractivity contribution in [1.29, 1.82) is 0 Å². The van der Waals surface area contributed by atoms with Crippen LogP contribution in [0, 0.1) is 5.92 Å². The third kappa shape index (κ3) is 10.2. The second-order valence-corrected chi connectivity index (χ2v) is 8.74. The van der Waals surface area contributed by atoms with Crippen molar-refractivity contribution in [3.63, 3.8) is 0 Å². The summed E-state index contributed by atoms with van der Waals surface area (Å²) in [5, 5.41) is 0. The lowest BCUT2D eigenvalue weighted by molar-refractivity contribution is -0.138. The summed E-state index contributed by atoms with van der Waals surface area (Å²) >= 11 is 0. The first-order chi connectivity index (χ1) is 15.6. The zero-order valence-electron chi connectivity index (χ0n) is 20.2. The molecule has 2 rings (SSSR count). The Morgan fingerprint density at radius 2 is 1.56 bits per heavy atom. The minimum atomic E-state index is -0.301. The average molecular weight is 437 g/mol. The standard InChI is InChI=1S/C28H40N2O2/c1-4-6-7-8-9-10-11-12-13-25-20-29-28(30-21-25)26-17-14-24(15-18-26)16-19-27(31)32-22-23(3)5-2/h14-21,23H,4-13,22H2,1-3H3/b19-16+/t23-/m1/s1. The van der Waals surface area contributed by atoms with Crippen molar-refractivity contribution in [3.05, 3.63) is 53.9 Å². The van der Waals surface area contributed by atoms with Gasteiger partial charge in [0.05, 0.1) is 6.61 Å². The Labute approximate surface area is 194 Å². The van der Waals surface area contributed by atoms with Gasteiger partial charge in [0.2, 0.25) is 0 Å². The number of aromatic nitrogens is 2. The van der Waals surface area contributed by atoms with Crippen LogP contribution < -0.4 is 0 Å². The normalized spacial score (nSPS) is 12.2. The monoisotopic (exact) mass is 436 g/mol. The molecule has 0 radical (unpaired) electrons. The first kappa shape index (κ1) is 25.8. The number of carbonyl (C=O) groups is 1. The van der Waals surface area contributed by atoms with Gasteiger partial charge in [-0.15, -0.1) is 0 Å². The summed E-state index contributed by atoms with van der Waals surface area (Å²) in [6.07, 6.45) is 19.8. The number of rotatable bonds is 15. The predicted molar refractivity (Wildman–Crippen MR) is 133 cm³/mol. The first-order valence-corrected chi connectivity index (χ1v) is 12.4. The molecule has 1 atom stereocenters. The average Bonchev–Trinajstić information content (AvgIpc) is 2.83. The van der Waals surface area contributed by atoms with E-state index in [1.807, 2.05) is 36.7 Å². The van der Waals surface area contributed by atoms with Gasteiger partial charge in [0.25, 0.3) is 0 Å². The fourth-order valence-electron chi connectivity index (χ4n) is 3.39. The molecule has 0 aliphatic heterocycles. The third-order valence-electron chi connectivity index (χ3n) is 5.81. The van der Waals surface area contributed by atoms with Gasteiger partial charge in [-0.1, -0.05) is 96.4 Å². The molecule has 4 nitrogen and oxygen atoms in total. The quantitative estimate of drug-likeness (QED) is 0.165. The van der Waals surface area contributed by atoms with E-state index in [4.69, 9.17) is 4.74 Å². The van der Waals surface area contributed by atoms with Crippen molar-refractivity contribution in [2.24, 2.45) is 5.92 Å². The SMILES string of the molecule is CCCCCCCCCCc1cnc(-c2ccc(/C=C/C(=O)OC[C@H](C)CC)cc2)nc1. The summed E-state index contributed by atoms with van der Waals surface area (Å²) in [5.41, 5.74) is 3.12. The maximum atomic E-state index is 11.8. The molecular formula is C28H40N2O2. The van der Waals surface area contributed by atoms with Crippen molar-refractivity contribution in [2.45, 2.75) is 85.0 Å². The number of carbonyl (C=O) groups excluding carboxylic acids is 1. The summed E-state index contributed by atoms with van der Waals surface area (Å²) in [4.78, 5) is 20.9. The molecule has 1 aromatic heterocycles. The van der Waals surface area contributed by atoms with Crippen LogP contribution in [0.4, 0.5) is 0 Å². The van der Waals surface area contributed by atoms with Crippen LogP contribution >= 0.6 is 0 Å². The molecule has 0 unspecified atom stereocenters. The molecule has 1 aromatic carbocycles. The van der Waals surface area contributed by atoms with Crippen LogP contribution in [-0.2, 0) is 16.0 Å². The van der Waals surface area contributed by atoms with Crippen LogP contribution in [0.1, 0.15) is 89.7 Å². The molecule has 1 heterocycles. The van der Waals surface area contributed by atoms with Crippen molar-refractivity contribution in [2.75, 3.05) is 6.61 Å². The Balaban J connectivity index is 1.74. The summed E-state index contributed by atoms with van der Waals surface area (Å²) in [7, 11) is 0. The number of unbranched alkanes of at least 4 members (excludes halogenated alkanes) is 7. The molecule has 174 valence electrons. The Kier molecular flexibility index (Phi) is 12.3. The topological polar surface area (TPSA) is 52.1 Å². The fraction of sp³-hybridized carbons (Fsp3) is 0.536. The zero-order chi connectivity index (χ0) is 23.0. The van der Waals surface area contributed by atoms with Crippen molar-refractivity contribution < 1.29 is 9.53 Å². The minimum Gasteiger partial charge on any atom is -0.462 e. The van der Waals surface area contributed by atoms with Gasteiger partial charge >= 0.3 is 5.97 Å². The van der Waals surface area contributed by atoms with Gasteiger partial charge in [0, 0.05) is 24.0 Å². The number of nitrogens with zero attached hydrogens (tertiary/aromatic N) is 2. The molecule has 0 amide bonds. The van der Waals surface area contributed by atoms with Gasteiger partial charge in [0.15, 0.2) is 5.82 Å². The number of esters is 1. The van der Waals surface area contributed by atoms with Gasteiger partial charge in [-0.05, 0) is 36.0 Å². The highest BCUT2D eigenvalue weighted by Gasteiger charge is 2.04. The van der Waals surface area contributed by atoms with Crippen LogP contribution in [-0.4, -0.2) is 22.5 Å². The second kappa shape index (κ2) is 15.3. The van der Waals surface area contributed by atoms with E-state index in [-0.39, 0.29) is 5.97 Å². The van der Waals surface area contributed by atoms with Crippen LogP contribution in [0.15, 0.2) is 42.7 Å². The number of hydrogen-bond donors (Lipinski definition) is 0. The smallest absolute Gasteiger partial charge is 0.330 e. The Bertz CT molecular complexity index is 797. The zero-order valence-corrected chi connectivity index (χ0v) is 20.2. The van der Waals surface area contributed by atoms with E-state index in [9.17, 15) is 4.79 Å². The molecular weight excluding hydrogens is 396 g/mol. The number of hydrogen-bond acceptors (Lipinski definition) is 4. The summed E-state index contributed by atoms with van der Waals surface area (Å²) in [6.45, 7) is 6.88. The molecule has 0 saturated carbocycles. The molecule has 32 heavy (non-hydrogen) atoms. The summed E-state index contributed by atoms with van der Waals surface area (Å²) in [5.74, 6) is 0.816. The predicted octanol–water partition coefficient (Wildman–Crippen LogP) is 7.43. The highest BCUT2D eigenvalue weighted by molar-refractivity contribution is 5.87. The molecule has 4 heteroatoms. The number of aryl methyl sites for hydroxylation is 1. The summed E-state index contributed by atoms with van der Waals surface area (Å²) in [6, 6.07) is 7.90. The highest BCUT2D eigenvalue weighted by Crippen LogP contribution is 2.17. The van der Waals surface area contributed by atoms with Gasteiger partial charge in [0.1, 0.15) is 0 Å². The van der Waals surface area contributed by atoms with Crippen LogP contribution in [0.2, 0.25) is 0 Å². The van der Waals surface area contributed by atoms with Gasteiger partial charge < -0.3 is 4.74 Å². The van der Waals surface area contributed by atoms with Crippen molar-refractivity contribution in [3.8, 4) is 11.4 Å². The molecule has 0 saturated heterocycles. The van der Waals surface area contributed by atoms with E-state index in [1.165, 1.54) is 63.0 Å². The Morgan fingerprint density at radius 1 is 0.938 bits per heavy atom. The lowest BCUT2D eigenvalue weighted by atomic mass is 10.1. The second-order valence-electron chi connectivity index (χ2n) is 8.74. The maximum absolute atomic E-state index is 11.8. The minimum absolute atomic E-state index is 0.301. The lowest BCUT2D eigenvalue weighted by Crippen LogP contribution is -2.08. The molecule has 0 N–H and O–H groups in total. The van der Waals surface area contributed by atoms with E-state index < -0.39 is 0 Å². The lowest BCUT2D eigenvalue weighted by Gasteiger charge is -2.07. The van der Waals surface area contributed by atoms with E-state index in [0.717, 1.165) is 29.8 Å². The first-order valence-electron chi connectivity index (χ1n) is 12.4. The Hall–Kier alpha value is -2.49. The van der Waals surface area contributed by atoms with Crippen LogP contribution in [0.3, 0.4) is 0 Å². The van der Waals surface area contributed by atoms with Crippen molar-refractivity contribution >= 4 is 12.0 Å². The van der Waals surface area contributed by atoms with E-state index in [2.05, 4.69) is 30.7 Å². The van der Waals surface area contributed by atoms with E-state index >= 15 is 0 Å². The largest absolute Gasteiger partial charge is 0.462 e. The third-order valence-corrected chi connectivity index (χ3v) is 5.81. The molecule has 0 aliphatic carbocycles. The van der Waals surface area contributed by atoms with Crippen molar-refractivity contribution in [1.82, 2.24) is 9.97 Å². The molecule has 0 spiro atoms. The van der Waals surface area contributed by atoms with Gasteiger partial charge in [-0.25, -0.2) is 14.8 Å². The molecule has 2 aromatic rings. The Morgan fingerprint density at radius 3 is 2.19 bits per heavy atom. The van der Waals surface area contributed by atoms with Crippen LogP contribution in [0.25, 0.3) is 17.5 Å². The maximum Gasteiger partial charge on any atom is 0.330 e. The van der Waals surface area contributed by atoms with E-state index in [1.54, 1.807) is 6.08 Å². The summed E-state index contributed by atoms with van der Waals surface area (Å²) < 4.78 is 5.24. The van der Waals surface area contributed by atoms with Gasteiger partial charge in [-0.3, -0.25) is 0 Å². The highest BCUT2D eigenvalue weighted by atomic mass is 16.5. The van der Waals surface area contributed by atoms with E-state index in [0.29, 0.717) is 12.5 Å².